The van der Waals surface area contributed by atoms with Crippen LogP contribution in [0, 0.1) is 0 Å². The van der Waals surface area contributed by atoms with Crippen LogP contribution in [0.3, 0.4) is 0 Å². The summed E-state index contributed by atoms with van der Waals surface area (Å²) < 4.78 is 11.5. The molecule has 0 fully saturated rings. The molecule has 0 radical (unpaired) electrons. The van der Waals surface area contributed by atoms with Gasteiger partial charge in [0, 0.05) is 33.9 Å². The fourth-order valence-corrected chi connectivity index (χ4v) is 3.30. The highest BCUT2D eigenvalue weighted by Crippen LogP contribution is 2.29. The highest BCUT2D eigenvalue weighted by molar-refractivity contribution is 6.35. The Hall–Kier alpha value is -1.43. The summed E-state index contributed by atoms with van der Waals surface area (Å²) in [5.74, 6) is 1.15. The van der Waals surface area contributed by atoms with Gasteiger partial charge in [0.1, 0.15) is 17.7 Å². The standard InChI is InChI=1S/C18H14Cl4N2O2/c19-12-2-1-11(14(21)8-12)7-17(18-23-5-6-24-18)26-10-25-16-4-3-13(20)9-15(16)22/h1-6,8-9,17H,7,10H2,(H,23,24). The molecule has 0 saturated carbocycles. The maximum absolute atomic E-state index is 6.27. The number of nitrogens with one attached hydrogen (secondary N) is 1. The molecule has 136 valence electrons. The smallest absolute Gasteiger partial charge is 0.190 e. The first kappa shape index (κ1) is 19.3. The molecule has 0 bridgehead atoms. The van der Waals surface area contributed by atoms with Crippen LogP contribution in [0.15, 0.2) is 48.8 Å². The molecule has 0 spiro atoms. The van der Waals surface area contributed by atoms with Crippen molar-refractivity contribution in [2.24, 2.45) is 0 Å². The quantitative estimate of drug-likeness (QED) is 0.442. The Balaban J connectivity index is 1.69. The molecule has 1 atom stereocenters. The van der Waals surface area contributed by atoms with Crippen molar-refractivity contribution < 1.29 is 9.47 Å². The number of aromatic amines is 1. The maximum Gasteiger partial charge on any atom is 0.190 e. The van der Waals surface area contributed by atoms with E-state index < -0.39 is 0 Å². The van der Waals surface area contributed by atoms with Crippen LogP contribution in [-0.2, 0) is 11.2 Å². The van der Waals surface area contributed by atoms with Crippen LogP contribution in [0.5, 0.6) is 5.75 Å². The maximum atomic E-state index is 6.27. The number of ether oxygens (including phenoxy) is 2. The van der Waals surface area contributed by atoms with Gasteiger partial charge in [-0.1, -0.05) is 52.5 Å². The molecule has 1 aromatic heterocycles. The van der Waals surface area contributed by atoms with Crippen LogP contribution in [0.1, 0.15) is 17.5 Å². The van der Waals surface area contributed by atoms with Crippen molar-refractivity contribution in [3.05, 3.63) is 80.3 Å². The minimum Gasteiger partial charge on any atom is -0.466 e. The summed E-state index contributed by atoms with van der Waals surface area (Å²) in [7, 11) is 0. The minimum absolute atomic E-state index is 0.0159. The van der Waals surface area contributed by atoms with Gasteiger partial charge in [-0.3, -0.25) is 0 Å². The number of H-pyrrole nitrogens is 1. The van der Waals surface area contributed by atoms with Crippen molar-refractivity contribution in [1.82, 2.24) is 9.97 Å². The van der Waals surface area contributed by atoms with Gasteiger partial charge in [0.25, 0.3) is 0 Å². The Morgan fingerprint density at radius 2 is 1.69 bits per heavy atom. The molecule has 26 heavy (non-hydrogen) atoms. The molecule has 2 aromatic carbocycles. The zero-order valence-electron chi connectivity index (χ0n) is 13.4. The van der Waals surface area contributed by atoms with E-state index in [1.54, 1.807) is 42.7 Å². The van der Waals surface area contributed by atoms with Crippen molar-refractivity contribution in [3.8, 4) is 5.75 Å². The van der Waals surface area contributed by atoms with Crippen LogP contribution in [-0.4, -0.2) is 16.8 Å². The van der Waals surface area contributed by atoms with Crippen LogP contribution < -0.4 is 4.74 Å². The number of rotatable bonds is 7. The molecular formula is C18H14Cl4N2O2. The van der Waals surface area contributed by atoms with Gasteiger partial charge in [-0.15, -0.1) is 0 Å². The van der Waals surface area contributed by atoms with E-state index in [9.17, 15) is 0 Å². The van der Waals surface area contributed by atoms with E-state index in [2.05, 4.69) is 9.97 Å². The Bertz CT molecular complexity index is 872. The van der Waals surface area contributed by atoms with Crippen molar-refractivity contribution in [1.29, 1.82) is 0 Å². The molecule has 1 unspecified atom stereocenters. The summed E-state index contributed by atoms with van der Waals surface area (Å²) in [4.78, 5) is 7.32. The van der Waals surface area contributed by atoms with E-state index in [1.807, 2.05) is 6.07 Å². The van der Waals surface area contributed by atoms with Crippen molar-refractivity contribution in [3.63, 3.8) is 0 Å². The first-order valence-corrected chi connectivity index (χ1v) is 9.17. The first-order chi connectivity index (χ1) is 12.5. The van der Waals surface area contributed by atoms with E-state index in [0.717, 1.165) is 5.56 Å². The zero-order valence-corrected chi connectivity index (χ0v) is 16.4. The van der Waals surface area contributed by atoms with Gasteiger partial charge in [-0.05, 0) is 35.9 Å². The molecule has 4 nitrogen and oxygen atoms in total. The van der Waals surface area contributed by atoms with Gasteiger partial charge in [-0.2, -0.15) is 0 Å². The van der Waals surface area contributed by atoms with E-state index in [4.69, 9.17) is 55.9 Å². The monoisotopic (exact) mass is 430 g/mol. The van der Waals surface area contributed by atoms with Gasteiger partial charge in [0.2, 0.25) is 0 Å². The van der Waals surface area contributed by atoms with E-state index in [-0.39, 0.29) is 12.9 Å². The van der Waals surface area contributed by atoms with Crippen LogP contribution in [0.4, 0.5) is 0 Å². The Labute approximate surface area is 171 Å². The summed E-state index contributed by atoms with van der Waals surface area (Å²) in [5.41, 5.74) is 0.891. The number of benzene rings is 2. The lowest BCUT2D eigenvalue weighted by Crippen LogP contribution is -2.14. The molecule has 0 aliphatic heterocycles. The summed E-state index contributed by atoms with van der Waals surface area (Å²) in [6.07, 6.45) is 3.51. The lowest BCUT2D eigenvalue weighted by atomic mass is 10.1. The SMILES string of the molecule is Clc1ccc(CC(OCOc2ccc(Cl)cc2Cl)c2ncc[nH]2)c(Cl)c1. The Morgan fingerprint density at radius 1 is 0.962 bits per heavy atom. The predicted molar refractivity (Wildman–Crippen MR) is 105 cm³/mol. The largest absolute Gasteiger partial charge is 0.466 e. The molecule has 0 saturated heterocycles. The second kappa shape index (κ2) is 8.98. The molecule has 8 heteroatoms. The van der Waals surface area contributed by atoms with E-state index in [1.165, 1.54) is 0 Å². The van der Waals surface area contributed by atoms with E-state index >= 15 is 0 Å². The molecule has 1 heterocycles. The summed E-state index contributed by atoms with van der Waals surface area (Å²) in [6.45, 7) is -0.0159. The molecule has 0 aliphatic rings. The van der Waals surface area contributed by atoms with Gasteiger partial charge in [-0.25, -0.2) is 4.98 Å². The highest BCUT2D eigenvalue weighted by Gasteiger charge is 2.18. The lowest BCUT2D eigenvalue weighted by Gasteiger charge is -2.17. The molecule has 3 rings (SSSR count). The summed E-state index contributed by atoms with van der Waals surface area (Å²) in [5, 5.41) is 2.10. The number of hydrogen-bond acceptors (Lipinski definition) is 3. The number of halogens is 4. The van der Waals surface area contributed by atoms with Gasteiger partial charge >= 0.3 is 0 Å². The van der Waals surface area contributed by atoms with Crippen LogP contribution in [0.2, 0.25) is 20.1 Å². The van der Waals surface area contributed by atoms with Gasteiger partial charge < -0.3 is 14.5 Å². The summed E-state index contributed by atoms with van der Waals surface area (Å²) >= 11 is 24.2. The topological polar surface area (TPSA) is 47.1 Å². The zero-order chi connectivity index (χ0) is 18.5. The van der Waals surface area contributed by atoms with Crippen molar-refractivity contribution >= 4 is 46.4 Å². The molecule has 0 aliphatic carbocycles. The fraction of sp³-hybridized carbons (Fsp3) is 0.167. The molecule has 0 amide bonds. The minimum atomic E-state index is -0.380. The molecule has 1 N–H and O–H groups in total. The predicted octanol–water partition coefficient (Wildman–Crippen LogP) is 6.36. The van der Waals surface area contributed by atoms with Crippen LogP contribution >= 0.6 is 46.4 Å². The third-order valence-corrected chi connectivity index (χ3v) is 4.74. The average molecular weight is 432 g/mol. The summed E-state index contributed by atoms with van der Waals surface area (Å²) in [6, 6.07) is 10.3. The normalized spacial score (nSPS) is 12.2. The number of aromatic nitrogens is 2. The Kier molecular flexibility index (Phi) is 6.68. The number of hydrogen-bond donors (Lipinski definition) is 1. The highest BCUT2D eigenvalue weighted by atomic mass is 35.5. The van der Waals surface area contributed by atoms with Gasteiger partial charge in [0.15, 0.2) is 6.79 Å². The van der Waals surface area contributed by atoms with Crippen molar-refractivity contribution in [2.75, 3.05) is 6.79 Å². The average Bonchev–Trinajstić information content (AvgIpc) is 3.12. The fourth-order valence-electron chi connectivity index (χ4n) is 2.35. The third kappa shape index (κ3) is 5.06. The molecule has 3 aromatic rings. The first-order valence-electron chi connectivity index (χ1n) is 7.65. The lowest BCUT2D eigenvalue weighted by molar-refractivity contribution is -0.0406. The van der Waals surface area contributed by atoms with Crippen LogP contribution in [0.25, 0.3) is 0 Å². The second-order valence-electron chi connectivity index (χ2n) is 5.41. The third-order valence-electron chi connectivity index (χ3n) is 3.62. The van der Waals surface area contributed by atoms with Crippen molar-refractivity contribution in [2.45, 2.75) is 12.5 Å². The Morgan fingerprint density at radius 3 is 2.35 bits per heavy atom. The van der Waals surface area contributed by atoms with E-state index in [0.29, 0.717) is 38.1 Å². The number of nitrogens with zero attached hydrogens (tertiary/aromatic N) is 1. The second-order valence-corrected chi connectivity index (χ2v) is 7.09. The number of imidazole rings is 1. The van der Waals surface area contributed by atoms with Gasteiger partial charge in [0.05, 0.1) is 5.02 Å². The molecular weight excluding hydrogens is 418 g/mol.